The maximum atomic E-state index is 12.2. The predicted molar refractivity (Wildman–Crippen MR) is 65.3 cm³/mol. The van der Waals surface area contributed by atoms with E-state index in [0.29, 0.717) is 6.54 Å². The molecule has 1 aliphatic rings. The number of rotatable bonds is 3. The van der Waals surface area contributed by atoms with Crippen molar-refractivity contribution in [2.75, 3.05) is 18.5 Å². The maximum Gasteiger partial charge on any atom is 0.234 e. The van der Waals surface area contributed by atoms with Crippen molar-refractivity contribution in [3.05, 3.63) is 29.8 Å². The summed E-state index contributed by atoms with van der Waals surface area (Å²) < 4.78 is 0. The fourth-order valence-electron chi connectivity index (χ4n) is 1.90. The molecule has 0 bridgehead atoms. The van der Waals surface area contributed by atoms with Crippen LogP contribution in [0.2, 0.25) is 0 Å². The van der Waals surface area contributed by atoms with Crippen LogP contribution in [-0.2, 0) is 4.79 Å². The topological polar surface area (TPSA) is 46.3 Å². The molecule has 0 spiro atoms. The van der Waals surface area contributed by atoms with E-state index in [9.17, 15) is 4.79 Å². The minimum absolute atomic E-state index is 0.152. The van der Waals surface area contributed by atoms with Crippen molar-refractivity contribution in [3.8, 4) is 0 Å². The zero-order chi connectivity index (χ0) is 11.8. The normalized spacial score (nSPS) is 16.9. The summed E-state index contributed by atoms with van der Waals surface area (Å²) in [6.07, 6.45) is 1.86. The summed E-state index contributed by atoms with van der Waals surface area (Å²) in [6.45, 7) is 2.50. The Morgan fingerprint density at radius 2 is 1.94 bits per heavy atom. The van der Waals surface area contributed by atoms with E-state index in [-0.39, 0.29) is 11.3 Å². The van der Waals surface area contributed by atoms with Gasteiger partial charge in [-0.15, -0.1) is 0 Å². The molecular weight excluding hydrogens is 200 g/mol. The number of carbonyl (C=O) groups excluding carboxylic acids is 1. The van der Waals surface area contributed by atoms with Crippen LogP contribution in [0.1, 0.15) is 18.4 Å². The van der Waals surface area contributed by atoms with E-state index in [2.05, 4.69) is 0 Å². The van der Waals surface area contributed by atoms with Gasteiger partial charge in [-0.3, -0.25) is 4.79 Å². The summed E-state index contributed by atoms with van der Waals surface area (Å²) in [5.74, 6) is 0.152. The highest BCUT2D eigenvalue weighted by atomic mass is 16.2. The highest BCUT2D eigenvalue weighted by molar-refractivity contribution is 5.99. The van der Waals surface area contributed by atoms with Crippen molar-refractivity contribution in [2.24, 2.45) is 11.1 Å². The number of nitrogens with zero attached hydrogens (tertiary/aromatic N) is 1. The van der Waals surface area contributed by atoms with Crippen molar-refractivity contribution in [2.45, 2.75) is 19.8 Å². The van der Waals surface area contributed by atoms with Crippen molar-refractivity contribution in [3.63, 3.8) is 0 Å². The number of hydrogen-bond acceptors (Lipinski definition) is 2. The van der Waals surface area contributed by atoms with Crippen LogP contribution in [0.5, 0.6) is 0 Å². The molecule has 1 fully saturated rings. The minimum Gasteiger partial charge on any atom is -0.329 e. The van der Waals surface area contributed by atoms with Crippen LogP contribution < -0.4 is 10.6 Å². The fourth-order valence-corrected chi connectivity index (χ4v) is 1.90. The predicted octanol–water partition coefficient (Wildman–Crippen LogP) is 1.70. The first kappa shape index (κ1) is 11.1. The standard InChI is InChI=1S/C13H18N2O/c1-10-3-5-11(6-4-10)15(2)12(16)13(9-14)7-8-13/h3-6H,7-9,14H2,1-2H3. The van der Waals surface area contributed by atoms with Gasteiger partial charge in [-0.25, -0.2) is 0 Å². The molecule has 0 saturated heterocycles. The van der Waals surface area contributed by atoms with Crippen molar-refractivity contribution < 1.29 is 4.79 Å². The third-order valence-electron chi connectivity index (χ3n) is 3.42. The van der Waals surface area contributed by atoms with E-state index < -0.39 is 0 Å². The summed E-state index contributed by atoms with van der Waals surface area (Å²) in [5.41, 5.74) is 7.54. The average molecular weight is 218 g/mol. The lowest BCUT2D eigenvalue weighted by molar-refractivity contribution is -0.123. The highest BCUT2D eigenvalue weighted by Gasteiger charge is 2.50. The lowest BCUT2D eigenvalue weighted by Gasteiger charge is -2.22. The van der Waals surface area contributed by atoms with Crippen LogP contribution in [-0.4, -0.2) is 19.5 Å². The molecule has 0 aromatic heterocycles. The van der Waals surface area contributed by atoms with Gasteiger partial charge in [0.2, 0.25) is 5.91 Å². The van der Waals surface area contributed by atoms with Gasteiger partial charge in [-0.2, -0.15) is 0 Å². The van der Waals surface area contributed by atoms with Gasteiger partial charge in [0.15, 0.2) is 0 Å². The number of nitrogens with two attached hydrogens (primary N) is 1. The molecule has 2 rings (SSSR count). The molecule has 2 N–H and O–H groups in total. The summed E-state index contributed by atoms with van der Waals surface area (Å²) in [5, 5.41) is 0. The molecule has 1 aliphatic carbocycles. The van der Waals surface area contributed by atoms with Gasteiger partial charge in [0.05, 0.1) is 5.41 Å². The monoisotopic (exact) mass is 218 g/mol. The van der Waals surface area contributed by atoms with Crippen LogP contribution in [0.15, 0.2) is 24.3 Å². The molecule has 0 unspecified atom stereocenters. The van der Waals surface area contributed by atoms with E-state index in [0.717, 1.165) is 18.5 Å². The molecular formula is C13H18N2O. The van der Waals surface area contributed by atoms with Crippen molar-refractivity contribution in [1.29, 1.82) is 0 Å². The van der Waals surface area contributed by atoms with Crippen molar-refractivity contribution in [1.82, 2.24) is 0 Å². The second kappa shape index (κ2) is 3.91. The van der Waals surface area contributed by atoms with Gasteiger partial charge in [0.25, 0.3) is 0 Å². The van der Waals surface area contributed by atoms with Crippen LogP contribution >= 0.6 is 0 Å². The van der Waals surface area contributed by atoms with Gasteiger partial charge in [0.1, 0.15) is 0 Å². The SMILES string of the molecule is Cc1ccc(N(C)C(=O)C2(CN)CC2)cc1. The summed E-state index contributed by atoms with van der Waals surface area (Å²) in [7, 11) is 1.82. The molecule has 86 valence electrons. The molecule has 0 atom stereocenters. The Labute approximate surface area is 96.2 Å². The van der Waals surface area contributed by atoms with Gasteiger partial charge in [-0.05, 0) is 31.9 Å². The van der Waals surface area contributed by atoms with Crippen LogP contribution in [0.25, 0.3) is 0 Å². The number of benzene rings is 1. The molecule has 1 aromatic rings. The Bertz CT molecular complexity index is 393. The second-order valence-corrected chi connectivity index (χ2v) is 4.68. The number of aryl methyl sites for hydroxylation is 1. The molecule has 0 heterocycles. The third-order valence-corrected chi connectivity index (χ3v) is 3.42. The van der Waals surface area contributed by atoms with E-state index in [1.165, 1.54) is 5.56 Å². The van der Waals surface area contributed by atoms with E-state index >= 15 is 0 Å². The molecule has 0 aliphatic heterocycles. The Morgan fingerprint density at radius 1 is 1.38 bits per heavy atom. The Kier molecular flexibility index (Phi) is 2.72. The molecule has 1 aromatic carbocycles. The third kappa shape index (κ3) is 1.83. The van der Waals surface area contributed by atoms with Gasteiger partial charge in [0, 0.05) is 19.3 Å². The lowest BCUT2D eigenvalue weighted by atomic mass is 10.1. The summed E-state index contributed by atoms with van der Waals surface area (Å²) in [6, 6.07) is 7.97. The molecule has 1 amide bonds. The summed E-state index contributed by atoms with van der Waals surface area (Å²) >= 11 is 0. The lowest BCUT2D eigenvalue weighted by Crippen LogP contribution is -2.38. The van der Waals surface area contributed by atoms with E-state index in [1.54, 1.807) is 4.90 Å². The van der Waals surface area contributed by atoms with Gasteiger partial charge < -0.3 is 10.6 Å². The molecule has 3 nitrogen and oxygen atoms in total. The van der Waals surface area contributed by atoms with Crippen molar-refractivity contribution >= 4 is 11.6 Å². The first-order valence-electron chi connectivity index (χ1n) is 5.64. The molecule has 16 heavy (non-hydrogen) atoms. The Hall–Kier alpha value is -1.35. The zero-order valence-corrected chi connectivity index (χ0v) is 9.86. The van der Waals surface area contributed by atoms with Crippen LogP contribution in [0.3, 0.4) is 0 Å². The van der Waals surface area contributed by atoms with Gasteiger partial charge in [-0.1, -0.05) is 17.7 Å². The smallest absolute Gasteiger partial charge is 0.234 e. The highest BCUT2D eigenvalue weighted by Crippen LogP contribution is 2.46. The van der Waals surface area contributed by atoms with E-state index in [1.807, 2.05) is 38.2 Å². The number of anilines is 1. The number of amides is 1. The first-order valence-corrected chi connectivity index (χ1v) is 5.64. The van der Waals surface area contributed by atoms with Crippen LogP contribution in [0.4, 0.5) is 5.69 Å². The second-order valence-electron chi connectivity index (χ2n) is 4.68. The number of hydrogen-bond donors (Lipinski definition) is 1. The average Bonchev–Trinajstić information content (AvgIpc) is 3.09. The van der Waals surface area contributed by atoms with E-state index in [4.69, 9.17) is 5.73 Å². The Morgan fingerprint density at radius 3 is 2.38 bits per heavy atom. The quantitative estimate of drug-likeness (QED) is 0.839. The zero-order valence-electron chi connectivity index (χ0n) is 9.86. The summed E-state index contributed by atoms with van der Waals surface area (Å²) in [4.78, 5) is 13.9. The fraction of sp³-hybridized carbons (Fsp3) is 0.462. The largest absolute Gasteiger partial charge is 0.329 e. The maximum absolute atomic E-state index is 12.2. The van der Waals surface area contributed by atoms with Crippen LogP contribution in [0, 0.1) is 12.3 Å². The minimum atomic E-state index is -0.264. The number of carbonyl (C=O) groups is 1. The molecule has 1 saturated carbocycles. The Balaban J connectivity index is 2.16. The first-order chi connectivity index (χ1) is 7.59. The molecule has 3 heteroatoms. The molecule has 0 radical (unpaired) electrons. The van der Waals surface area contributed by atoms with Gasteiger partial charge >= 0.3 is 0 Å².